The van der Waals surface area contributed by atoms with E-state index in [1.54, 1.807) is 48.3 Å². The second-order valence-corrected chi connectivity index (χ2v) is 6.90. The minimum atomic E-state index is -1.08. The summed E-state index contributed by atoms with van der Waals surface area (Å²) in [5.74, 6) is -1.14. The zero-order valence-electron chi connectivity index (χ0n) is 14.0. The molecule has 0 bridgehead atoms. The van der Waals surface area contributed by atoms with Crippen LogP contribution in [-0.2, 0) is 18.3 Å². The lowest BCUT2D eigenvalue weighted by molar-refractivity contribution is -0.116. The molecule has 3 N–H and O–H groups in total. The van der Waals surface area contributed by atoms with E-state index in [0.717, 1.165) is 15.4 Å². The molecule has 3 rings (SSSR count). The number of nitrogens with one attached hydrogen (secondary N) is 1. The van der Waals surface area contributed by atoms with Gasteiger partial charge in [-0.1, -0.05) is 0 Å². The van der Waals surface area contributed by atoms with E-state index in [1.807, 2.05) is 0 Å². The largest absolute Gasteiger partial charge is 0.508 e. The zero-order chi connectivity index (χ0) is 18.7. The molecule has 0 saturated heterocycles. The average Bonchev–Trinajstić information content (AvgIpc) is 3.20. The number of hydrogen-bond donors (Lipinski definition) is 3. The predicted molar refractivity (Wildman–Crippen MR) is 98.5 cm³/mol. The van der Waals surface area contributed by atoms with Gasteiger partial charge in [0.15, 0.2) is 0 Å². The predicted octanol–water partition coefficient (Wildman–Crippen LogP) is 3.12. The molecule has 0 aliphatic heterocycles. The van der Waals surface area contributed by atoms with E-state index in [2.05, 4.69) is 10.3 Å². The van der Waals surface area contributed by atoms with Crippen LogP contribution in [0.5, 0.6) is 5.75 Å². The van der Waals surface area contributed by atoms with E-state index in [9.17, 15) is 14.7 Å². The maximum Gasteiger partial charge on any atom is 0.339 e. The maximum atomic E-state index is 12.1. The van der Waals surface area contributed by atoms with Gasteiger partial charge in [-0.15, -0.1) is 11.3 Å². The molecule has 0 atom stereocenters. The molecule has 26 heavy (non-hydrogen) atoms. The number of aryl methyl sites for hydroxylation is 2. The number of carbonyl (C=O) groups is 2. The van der Waals surface area contributed by atoms with Crippen LogP contribution in [0.2, 0.25) is 0 Å². The minimum absolute atomic E-state index is 0.0632. The quantitative estimate of drug-likeness (QED) is 0.617. The molecule has 0 aliphatic carbocycles. The molecule has 0 radical (unpaired) electrons. The molecule has 2 heterocycles. The van der Waals surface area contributed by atoms with Gasteiger partial charge >= 0.3 is 5.97 Å². The van der Waals surface area contributed by atoms with Gasteiger partial charge in [0.2, 0.25) is 5.91 Å². The van der Waals surface area contributed by atoms with Crippen molar-refractivity contribution >= 4 is 28.9 Å². The Kier molecular flexibility index (Phi) is 5.04. The summed E-state index contributed by atoms with van der Waals surface area (Å²) >= 11 is 1.48. The number of amides is 1. The number of aromatic hydroxyl groups is 1. The van der Waals surface area contributed by atoms with Crippen LogP contribution in [0.15, 0.2) is 42.9 Å². The van der Waals surface area contributed by atoms with Gasteiger partial charge in [-0.3, -0.25) is 4.79 Å². The first-order valence-electron chi connectivity index (χ1n) is 7.85. The number of nitrogens with zero attached hydrogens (tertiary/aromatic N) is 2. The second-order valence-electron chi connectivity index (χ2n) is 5.78. The molecule has 1 amide bonds. The standard InChI is InChI=1S/C18H17N3O4S/c1-21-9-14(18(24)25)15(10-21)20-16(23)7-6-13-8-19-17(26-13)11-2-4-12(22)5-3-11/h2-5,8-10,22H,6-7H2,1H3,(H,20,23)(H,24,25). The van der Waals surface area contributed by atoms with Crippen molar-refractivity contribution in [3.63, 3.8) is 0 Å². The number of phenols is 1. The van der Waals surface area contributed by atoms with Crippen molar-refractivity contribution in [1.29, 1.82) is 0 Å². The summed E-state index contributed by atoms with van der Waals surface area (Å²) in [6, 6.07) is 6.77. The number of phenolic OH excluding ortho intramolecular Hbond substituents is 1. The van der Waals surface area contributed by atoms with Crippen LogP contribution in [0.1, 0.15) is 21.7 Å². The molecule has 2 aromatic heterocycles. The van der Waals surface area contributed by atoms with Crippen molar-refractivity contribution in [3.05, 3.63) is 53.3 Å². The van der Waals surface area contributed by atoms with Crippen molar-refractivity contribution in [2.45, 2.75) is 12.8 Å². The molecule has 8 heteroatoms. The first-order chi connectivity index (χ1) is 12.4. The summed E-state index contributed by atoms with van der Waals surface area (Å²) in [6.45, 7) is 0. The fraction of sp³-hybridized carbons (Fsp3) is 0.167. The highest BCUT2D eigenvalue weighted by molar-refractivity contribution is 7.15. The summed E-state index contributed by atoms with van der Waals surface area (Å²) < 4.78 is 1.59. The van der Waals surface area contributed by atoms with Crippen LogP contribution in [-0.4, -0.2) is 31.6 Å². The molecule has 0 aliphatic rings. The molecule has 7 nitrogen and oxygen atoms in total. The van der Waals surface area contributed by atoms with Crippen molar-refractivity contribution in [1.82, 2.24) is 9.55 Å². The third kappa shape index (κ3) is 4.09. The van der Waals surface area contributed by atoms with E-state index >= 15 is 0 Å². The van der Waals surface area contributed by atoms with Crippen molar-refractivity contribution in [2.24, 2.45) is 7.05 Å². The fourth-order valence-corrected chi connectivity index (χ4v) is 3.38. The Morgan fingerprint density at radius 1 is 1.23 bits per heavy atom. The Morgan fingerprint density at radius 3 is 2.65 bits per heavy atom. The van der Waals surface area contributed by atoms with Gasteiger partial charge in [-0.05, 0) is 30.7 Å². The zero-order valence-corrected chi connectivity index (χ0v) is 14.8. The SMILES string of the molecule is Cn1cc(NC(=O)CCc2cnc(-c3ccc(O)cc3)s2)c(C(=O)O)c1. The van der Waals surface area contributed by atoms with Gasteiger partial charge in [0, 0.05) is 42.5 Å². The van der Waals surface area contributed by atoms with Crippen molar-refractivity contribution in [3.8, 4) is 16.3 Å². The Labute approximate surface area is 153 Å². The van der Waals surface area contributed by atoms with Crippen LogP contribution >= 0.6 is 11.3 Å². The topological polar surface area (TPSA) is 104 Å². The molecule has 1 aromatic carbocycles. The number of aromatic carboxylic acids is 1. The lowest BCUT2D eigenvalue weighted by Crippen LogP contribution is -2.13. The third-order valence-electron chi connectivity index (χ3n) is 3.73. The van der Waals surface area contributed by atoms with E-state index in [4.69, 9.17) is 5.11 Å². The number of carboxylic acids is 1. The molecule has 0 fully saturated rings. The van der Waals surface area contributed by atoms with Gasteiger partial charge < -0.3 is 20.1 Å². The lowest BCUT2D eigenvalue weighted by Gasteiger charge is -2.03. The van der Waals surface area contributed by atoms with Crippen LogP contribution in [0, 0.1) is 0 Å². The Balaban J connectivity index is 1.60. The average molecular weight is 371 g/mol. The molecule has 0 saturated carbocycles. The smallest absolute Gasteiger partial charge is 0.339 e. The normalized spacial score (nSPS) is 10.7. The molecular weight excluding hydrogens is 354 g/mol. The van der Waals surface area contributed by atoms with Crippen LogP contribution in [0.4, 0.5) is 5.69 Å². The van der Waals surface area contributed by atoms with Gasteiger partial charge in [-0.2, -0.15) is 0 Å². The lowest BCUT2D eigenvalue weighted by atomic mass is 10.2. The highest BCUT2D eigenvalue weighted by Crippen LogP contribution is 2.27. The first-order valence-corrected chi connectivity index (χ1v) is 8.67. The number of anilines is 1. The number of thiazole rings is 1. The monoisotopic (exact) mass is 371 g/mol. The summed E-state index contributed by atoms with van der Waals surface area (Å²) in [5, 5.41) is 21.9. The van der Waals surface area contributed by atoms with Crippen molar-refractivity contribution in [2.75, 3.05) is 5.32 Å². The van der Waals surface area contributed by atoms with Crippen LogP contribution in [0.3, 0.4) is 0 Å². The number of hydrogen-bond acceptors (Lipinski definition) is 5. The number of aromatic nitrogens is 2. The Bertz CT molecular complexity index is 944. The molecule has 0 spiro atoms. The first kappa shape index (κ1) is 17.7. The summed E-state index contributed by atoms with van der Waals surface area (Å²) in [6.07, 6.45) is 5.48. The van der Waals surface area contributed by atoms with Gasteiger partial charge in [0.25, 0.3) is 0 Å². The second kappa shape index (κ2) is 7.40. The summed E-state index contributed by atoms with van der Waals surface area (Å²) in [5.41, 5.74) is 1.26. The van der Waals surface area contributed by atoms with E-state index in [0.29, 0.717) is 12.1 Å². The highest BCUT2D eigenvalue weighted by Gasteiger charge is 2.15. The van der Waals surface area contributed by atoms with Crippen molar-refractivity contribution < 1.29 is 19.8 Å². The van der Waals surface area contributed by atoms with E-state index in [1.165, 1.54) is 17.5 Å². The molecule has 134 valence electrons. The highest BCUT2D eigenvalue weighted by atomic mass is 32.1. The molecular formula is C18H17N3O4S. The van der Waals surface area contributed by atoms with E-state index < -0.39 is 5.97 Å². The van der Waals surface area contributed by atoms with E-state index in [-0.39, 0.29) is 23.6 Å². The molecule has 0 unspecified atom stereocenters. The fourth-order valence-electron chi connectivity index (χ4n) is 2.46. The van der Waals surface area contributed by atoms with Gasteiger partial charge in [0.05, 0.1) is 5.69 Å². The number of rotatable bonds is 6. The third-order valence-corrected chi connectivity index (χ3v) is 4.83. The number of carbonyl (C=O) groups excluding carboxylic acids is 1. The van der Waals surface area contributed by atoms with Gasteiger partial charge in [-0.25, -0.2) is 9.78 Å². The van der Waals surface area contributed by atoms with Gasteiger partial charge in [0.1, 0.15) is 16.3 Å². The van der Waals surface area contributed by atoms with Crippen LogP contribution < -0.4 is 5.32 Å². The maximum absolute atomic E-state index is 12.1. The number of carboxylic acid groups (broad SMARTS) is 1. The minimum Gasteiger partial charge on any atom is -0.508 e. The number of benzene rings is 1. The Hall–Kier alpha value is -3.13. The van der Waals surface area contributed by atoms with Crippen LogP contribution in [0.25, 0.3) is 10.6 Å². The summed E-state index contributed by atoms with van der Waals surface area (Å²) in [4.78, 5) is 28.6. The Morgan fingerprint density at radius 2 is 1.96 bits per heavy atom. The summed E-state index contributed by atoms with van der Waals surface area (Å²) in [7, 11) is 1.70. The molecule has 3 aromatic rings.